The van der Waals surface area contributed by atoms with E-state index in [1.54, 1.807) is 24.3 Å². The SMILES string of the molecule is CCn1c(COc2ccc(Cl)cc2)nnc1Sc1snc(Cl)c1C#N. The van der Waals surface area contributed by atoms with E-state index in [1.165, 1.54) is 23.3 Å². The van der Waals surface area contributed by atoms with E-state index < -0.39 is 0 Å². The highest BCUT2D eigenvalue weighted by Gasteiger charge is 2.18. The van der Waals surface area contributed by atoms with Crippen molar-refractivity contribution in [1.82, 2.24) is 19.1 Å². The van der Waals surface area contributed by atoms with Crippen LogP contribution in [0.25, 0.3) is 0 Å². The highest BCUT2D eigenvalue weighted by molar-refractivity contribution is 8.01. The summed E-state index contributed by atoms with van der Waals surface area (Å²) in [4.78, 5) is 0. The average molecular weight is 412 g/mol. The van der Waals surface area contributed by atoms with Gasteiger partial charge in [0.1, 0.15) is 28.2 Å². The zero-order valence-electron chi connectivity index (χ0n) is 12.9. The second-order valence-corrected chi connectivity index (χ2v) is 7.54. The number of hydrogen-bond acceptors (Lipinski definition) is 7. The van der Waals surface area contributed by atoms with Gasteiger partial charge in [0.25, 0.3) is 0 Å². The maximum Gasteiger partial charge on any atom is 0.197 e. The van der Waals surface area contributed by atoms with Gasteiger partial charge in [0.2, 0.25) is 0 Å². The number of nitrogens with zero attached hydrogens (tertiary/aromatic N) is 5. The minimum atomic E-state index is 0.212. The maximum atomic E-state index is 9.17. The summed E-state index contributed by atoms with van der Waals surface area (Å²) in [6, 6.07) is 9.18. The summed E-state index contributed by atoms with van der Waals surface area (Å²) < 4.78 is 12.3. The summed E-state index contributed by atoms with van der Waals surface area (Å²) in [6.45, 7) is 2.94. The molecule has 6 nitrogen and oxygen atoms in total. The molecule has 0 aliphatic carbocycles. The summed E-state index contributed by atoms with van der Waals surface area (Å²) in [5, 5.41) is 19.1. The standard InChI is InChI=1S/C15H11Cl2N5OS2/c1-2-22-12(8-23-10-5-3-9(16)4-6-10)19-20-15(22)24-14-11(7-18)13(17)21-25-14/h3-6H,2,8H2,1H3. The summed E-state index contributed by atoms with van der Waals surface area (Å²) in [5.41, 5.74) is 0.362. The third kappa shape index (κ3) is 4.07. The molecule has 0 saturated carbocycles. The number of rotatable bonds is 6. The molecule has 2 heterocycles. The van der Waals surface area contributed by atoms with Gasteiger partial charge >= 0.3 is 0 Å². The van der Waals surface area contributed by atoms with Crippen molar-refractivity contribution < 1.29 is 4.74 Å². The fourth-order valence-corrected chi connectivity index (χ4v) is 4.29. The van der Waals surface area contributed by atoms with Crippen LogP contribution in [-0.2, 0) is 13.2 Å². The normalized spacial score (nSPS) is 10.6. The summed E-state index contributed by atoms with van der Waals surface area (Å²) in [7, 11) is 0. The monoisotopic (exact) mass is 411 g/mol. The number of benzene rings is 1. The van der Waals surface area contributed by atoms with E-state index in [1.807, 2.05) is 11.5 Å². The van der Waals surface area contributed by atoms with Gasteiger partial charge in [0.15, 0.2) is 16.1 Å². The van der Waals surface area contributed by atoms with Crippen molar-refractivity contribution in [3.05, 3.63) is 45.8 Å². The van der Waals surface area contributed by atoms with E-state index >= 15 is 0 Å². The Balaban J connectivity index is 1.76. The molecule has 0 radical (unpaired) electrons. The van der Waals surface area contributed by atoms with E-state index in [0.29, 0.717) is 38.1 Å². The van der Waals surface area contributed by atoms with Crippen LogP contribution in [0.3, 0.4) is 0 Å². The van der Waals surface area contributed by atoms with Gasteiger partial charge in [-0.05, 0) is 54.5 Å². The summed E-state index contributed by atoms with van der Waals surface area (Å²) in [6.07, 6.45) is 0. The fraction of sp³-hybridized carbons (Fsp3) is 0.200. The number of halogens is 2. The van der Waals surface area contributed by atoms with Crippen molar-refractivity contribution in [2.45, 2.75) is 29.4 Å². The predicted molar refractivity (Wildman–Crippen MR) is 97.4 cm³/mol. The first-order chi connectivity index (χ1) is 12.1. The third-order valence-electron chi connectivity index (χ3n) is 3.21. The number of ether oxygens (including phenoxy) is 1. The van der Waals surface area contributed by atoms with Gasteiger partial charge < -0.3 is 9.30 Å². The van der Waals surface area contributed by atoms with Crippen molar-refractivity contribution >= 4 is 46.5 Å². The smallest absolute Gasteiger partial charge is 0.197 e. The van der Waals surface area contributed by atoms with Gasteiger partial charge in [-0.2, -0.15) is 9.64 Å². The Kier molecular flexibility index (Phi) is 5.81. The molecule has 0 aliphatic heterocycles. The lowest BCUT2D eigenvalue weighted by Crippen LogP contribution is -2.06. The zero-order valence-corrected chi connectivity index (χ0v) is 16.1. The first-order valence-electron chi connectivity index (χ1n) is 7.16. The number of aromatic nitrogens is 4. The lowest BCUT2D eigenvalue weighted by molar-refractivity contribution is 0.288. The molecule has 0 saturated heterocycles. The van der Waals surface area contributed by atoms with Gasteiger partial charge in [0.05, 0.1) is 0 Å². The second-order valence-electron chi connectivity index (χ2n) is 4.74. The first-order valence-corrected chi connectivity index (χ1v) is 9.50. The molecule has 0 bridgehead atoms. The number of hydrogen-bond donors (Lipinski definition) is 0. The lowest BCUT2D eigenvalue weighted by Gasteiger charge is -2.08. The minimum Gasteiger partial charge on any atom is -0.486 e. The van der Waals surface area contributed by atoms with Gasteiger partial charge in [-0.25, -0.2) is 0 Å². The molecule has 25 heavy (non-hydrogen) atoms. The van der Waals surface area contributed by atoms with Crippen LogP contribution in [-0.4, -0.2) is 19.1 Å². The molecule has 1 aromatic carbocycles. The topological polar surface area (TPSA) is 76.6 Å². The van der Waals surface area contributed by atoms with Crippen molar-refractivity contribution in [3.63, 3.8) is 0 Å². The third-order valence-corrected chi connectivity index (χ3v) is 5.82. The van der Waals surface area contributed by atoms with Gasteiger partial charge in [-0.1, -0.05) is 23.2 Å². The Bertz CT molecular complexity index is 917. The second kappa shape index (κ2) is 8.06. The van der Waals surface area contributed by atoms with Crippen LogP contribution < -0.4 is 4.74 Å². The van der Waals surface area contributed by atoms with E-state index in [4.69, 9.17) is 27.9 Å². The van der Waals surface area contributed by atoms with Gasteiger partial charge in [0, 0.05) is 11.6 Å². The van der Waals surface area contributed by atoms with Crippen LogP contribution in [0.15, 0.2) is 33.6 Å². The van der Waals surface area contributed by atoms with E-state index in [-0.39, 0.29) is 11.8 Å². The Labute approximate surface area is 162 Å². The summed E-state index contributed by atoms with van der Waals surface area (Å²) >= 11 is 14.3. The van der Waals surface area contributed by atoms with Crippen molar-refractivity contribution in [2.24, 2.45) is 0 Å². The molecule has 128 valence electrons. The van der Waals surface area contributed by atoms with Crippen LogP contribution >= 0.6 is 46.5 Å². The van der Waals surface area contributed by atoms with Gasteiger partial charge in [-0.3, -0.25) is 0 Å². The fourth-order valence-electron chi connectivity index (χ4n) is 2.00. The van der Waals surface area contributed by atoms with Crippen LogP contribution in [0, 0.1) is 11.3 Å². The molecule has 2 aromatic heterocycles. The largest absolute Gasteiger partial charge is 0.486 e. The first kappa shape index (κ1) is 18.0. The molecule has 0 aliphatic rings. The molecule has 0 unspecified atom stereocenters. The molecular formula is C15H11Cl2N5OS2. The highest BCUT2D eigenvalue weighted by Crippen LogP contribution is 2.36. The molecule has 3 aromatic rings. The Morgan fingerprint density at radius 3 is 2.72 bits per heavy atom. The van der Waals surface area contributed by atoms with Crippen LogP contribution in [0.2, 0.25) is 10.2 Å². The Morgan fingerprint density at radius 1 is 1.28 bits per heavy atom. The maximum absolute atomic E-state index is 9.17. The molecule has 0 spiro atoms. The predicted octanol–water partition coefficient (Wildman–Crippen LogP) is 4.66. The van der Waals surface area contributed by atoms with E-state index in [2.05, 4.69) is 20.6 Å². The Hall–Kier alpha value is -1.79. The number of nitriles is 1. The molecule has 0 amide bonds. The molecule has 0 atom stereocenters. The summed E-state index contributed by atoms with van der Waals surface area (Å²) in [5.74, 6) is 1.39. The lowest BCUT2D eigenvalue weighted by atomic mass is 10.3. The molecule has 0 N–H and O–H groups in total. The molecule has 0 fully saturated rings. The molecular weight excluding hydrogens is 401 g/mol. The van der Waals surface area contributed by atoms with Crippen LogP contribution in [0.4, 0.5) is 0 Å². The molecule has 3 rings (SSSR count). The van der Waals surface area contributed by atoms with Crippen LogP contribution in [0.5, 0.6) is 5.75 Å². The molecule has 10 heteroatoms. The minimum absolute atomic E-state index is 0.212. The Morgan fingerprint density at radius 2 is 2.04 bits per heavy atom. The van der Waals surface area contributed by atoms with E-state index in [9.17, 15) is 5.26 Å². The van der Waals surface area contributed by atoms with Crippen molar-refractivity contribution in [1.29, 1.82) is 5.26 Å². The van der Waals surface area contributed by atoms with Gasteiger partial charge in [-0.15, -0.1) is 10.2 Å². The average Bonchev–Trinajstić information content (AvgIpc) is 3.17. The van der Waals surface area contributed by atoms with Crippen LogP contribution in [0.1, 0.15) is 18.3 Å². The van der Waals surface area contributed by atoms with Crippen molar-refractivity contribution in [2.75, 3.05) is 0 Å². The quantitative estimate of drug-likeness (QED) is 0.586. The van der Waals surface area contributed by atoms with Crippen molar-refractivity contribution in [3.8, 4) is 11.8 Å². The zero-order chi connectivity index (χ0) is 17.8. The van der Waals surface area contributed by atoms with E-state index in [0.717, 1.165) is 0 Å². The highest BCUT2D eigenvalue weighted by atomic mass is 35.5.